The molecule has 0 fully saturated rings. The van der Waals surface area contributed by atoms with E-state index < -0.39 is 0 Å². The lowest BCUT2D eigenvalue weighted by Crippen LogP contribution is -2.14. The largest absolute Gasteiger partial charge is 0.496 e. The molecule has 1 N–H and O–H groups in total. The van der Waals surface area contributed by atoms with E-state index in [1.807, 2.05) is 24.3 Å². The van der Waals surface area contributed by atoms with Gasteiger partial charge in [-0.2, -0.15) is 0 Å². The molecular weight excluding hydrogens is 362 g/mol. The number of nitrogens with one attached hydrogen (secondary N) is 1. The number of hydrogen-bond acceptors (Lipinski definition) is 5. The molecule has 27 heavy (non-hydrogen) atoms. The smallest absolute Gasteiger partial charge is 0.341 e. The standard InChI is InChI=1S/C21H23NO4S/c1-3-26-21(24)19-15-9-5-7-11-17(15)27-20(19)22-18(23)13-12-14-8-4-6-10-16(14)25-2/h4,6,8,10,12-13H,3,5,7,9,11H2,1-2H3,(H,22,23)/b13-12+. The number of fused-ring (bicyclic) bond motifs is 1. The first-order chi connectivity index (χ1) is 13.1. The van der Waals surface area contributed by atoms with Crippen molar-refractivity contribution in [1.29, 1.82) is 0 Å². The zero-order valence-corrected chi connectivity index (χ0v) is 16.4. The Balaban J connectivity index is 1.82. The zero-order chi connectivity index (χ0) is 19.2. The number of anilines is 1. The Hall–Kier alpha value is -2.60. The van der Waals surface area contributed by atoms with E-state index in [4.69, 9.17) is 9.47 Å². The number of rotatable bonds is 6. The van der Waals surface area contributed by atoms with Crippen LogP contribution in [0.25, 0.3) is 6.08 Å². The first-order valence-electron chi connectivity index (χ1n) is 9.07. The highest BCUT2D eigenvalue weighted by Crippen LogP contribution is 2.38. The van der Waals surface area contributed by atoms with Gasteiger partial charge in [0, 0.05) is 16.5 Å². The number of methoxy groups -OCH3 is 1. The van der Waals surface area contributed by atoms with E-state index >= 15 is 0 Å². The number of para-hydroxylation sites is 1. The van der Waals surface area contributed by atoms with Gasteiger partial charge in [0.1, 0.15) is 10.8 Å². The summed E-state index contributed by atoms with van der Waals surface area (Å²) < 4.78 is 10.5. The van der Waals surface area contributed by atoms with Crippen LogP contribution in [0.1, 0.15) is 46.1 Å². The Bertz CT molecular complexity index is 869. The van der Waals surface area contributed by atoms with Gasteiger partial charge < -0.3 is 14.8 Å². The number of thiophene rings is 1. The summed E-state index contributed by atoms with van der Waals surface area (Å²) in [6.07, 6.45) is 7.11. The first kappa shape index (κ1) is 19.2. The zero-order valence-electron chi connectivity index (χ0n) is 15.5. The van der Waals surface area contributed by atoms with Gasteiger partial charge >= 0.3 is 5.97 Å². The highest BCUT2D eigenvalue weighted by molar-refractivity contribution is 7.17. The van der Waals surface area contributed by atoms with Crippen LogP contribution in [-0.2, 0) is 22.4 Å². The van der Waals surface area contributed by atoms with Crippen LogP contribution in [0.15, 0.2) is 30.3 Å². The maximum Gasteiger partial charge on any atom is 0.341 e. The molecule has 0 spiro atoms. The van der Waals surface area contributed by atoms with Gasteiger partial charge in [-0.05, 0) is 50.3 Å². The van der Waals surface area contributed by atoms with Crippen LogP contribution in [-0.4, -0.2) is 25.6 Å². The summed E-state index contributed by atoms with van der Waals surface area (Å²) in [6, 6.07) is 7.46. The van der Waals surface area contributed by atoms with E-state index in [1.54, 1.807) is 20.1 Å². The van der Waals surface area contributed by atoms with Crippen LogP contribution in [0.3, 0.4) is 0 Å². The Morgan fingerprint density at radius 3 is 2.78 bits per heavy atom. The summed E-state index contributed by atoms with van der Waals surface area (Å²) in [5, 5.41) is 3.44. The molecule has 1 amide bonds. The van der Waals surface area contributed by atoms with E-state index in [0.717, 1.165) is 36.8 Å². The van der Waals surface area contributed by atoms with Crippen LogP contribution in [0.2, 0.25) is 0 Å². The van der Waals surface area contributed by atoms with E-state index in [9.17, 15) is 9.59 Å². The molecule has 0 unspecified atom stereocenters. The Morgan fingerprint density at radius 1 is 1.22 bits per heavy atom. The molecule has 1 heterocycles. The predicted molar refractivity (Wildman–Crippen MR) is 108 cm³/mol. The number of benzene rings is 1. The number of amides is 1. The minimum Gasteiger partial charge on any atom is -0.496 e. The van der Waals surface area contributed by atoms with Crippen molar-refractivity contribution in [3.8, 4) is 5.75 Å². The number of aryl methyl sites for hydroxylation is 1. The van der Waals surface area contributed by atoms with Crippen molar-refractivity contribution in [2.45, 2.75) is 32.6 Å². The fourth-order valence-corrected chi connectivity index (χ4v) is 4.48. The summed E-state index contributed by atoms with van der Waals surface area (Å²) in [6.45, 7) is 2.09. The molecule has 0 saturated heterocycles. The highest BCUT2D eigenvalue weighted by Gasteiger charge is 2.26. The van der Waals surface area contributed by atoms with Crippen molar-refractivity contribution >= 4 is 34.3 Å². The normalized spacial score (nSPS) is 13.3. The molecular formula is C21H23NO4S. The Morgan fingerprint density at radius 2 is 2.00 bits per heavy atom. The predicted octanol–water partition coefficient (Wildman–Crippen LogP) is 4.46. The summed E-state index contributed by atoms with van der Waals surface area (Å²) in [4.78, 5) is 26.1. The highest BCUT2D eigenvalue weighted by atomic mass is 32.1. The molecule has 1 aliphatic rings. The lowest BCUT2D eigenvalue weighted by atomic mass is 9.95. The van der Waals surface area contributed by atoms with Gasteiger partial charge in [-0.1, -0.05) is 18.2 Å². The second kappa shape index (κ2) is 8.86. The second-order valence-electron chi connectivity index (χ2n) is 6.20. The minimum absolute atomic E-state index is 0.287. The minimum atomic E-state index is -0.360. The second-order valence-corrected chi connectivity index (χ2v) is 7.31. The number of carbonyl (C=O) groups excluding carboxylic acids is 2. The lowest BCUT2D eigenvalue weighted by Gasteiger charge is -2.12. The van der Waals surface area contributed by atoms with Crippen LogP contribution < -0.4 is 10.1 Å². The third kappa shape index (κ3) is 4.39. The van der Waals surface area contributed by atoms with Gasteiger partial charge in [-0.15, -0.1) is 11.3 Å². The van der Waals surface area contributed by atoms with Crippen molar-refractivity contribution in [1.82, 2.24) is 0 Å². The summed E-state index contributed by atoms with van der Waals surface area (Å²) >= 11 is 1.48. The van der Waals surface area contributed by atoms with Crippen molar-refractivity contribution < 1.29 is 19.1 Å². The van der Waals surface area contributed by atoms with Gasteiger partial charge in [-0.25, -0.2) is 4.79 Å². The van der Waals surface area contributed by atoms with Gasteiger partial charge in [-0.3, -0.25) is 4.79 Å². The van der Waals surface area contributed by atoms with Crippen molar-refractivity contribution in [2.24, 2.45) is 0 Å². The topological polar surface area (TPSA) is 64.6 Å². The van der Waals surface area contributed by atoms with Crippen molar-refractivity contribution in [2.75, 3.05) is 19.0 Å². The van der Waals surface area contributed by atoms with E-state index in [-0.39, 0.29) is 11.9 Å². The summed E-state index contributed by atoms with van der Waals surface area (Å²) in [5.74, 6) is 0.0475. The van der Waals surface area contributed by atoms with Crippen LogP contribution in [0.5, 0.6) is 5.75 Å². The number of ether oxygens (including phenoxy) is 2. The third-order valence-corrected chi connectivity index (χ3v) is 5.65. The lowest BCUT2D eigenvalue weighted by molar-refractivity contribution is -0.111. The van der Waals surface area contributed by atoms with E-state index in [1.165, 1.54) is 22.3 Å². The van der Waals surface area contributed by atoms with Crippen molar-refractivity contribution in [3.63, 3.8) is 0 Å². The quantitative estimate of drug-likeness (QED) is 0.589. The molecule has 6 heteroatoms. The fraction of sp³-hybridized carbons (Fsp3) is 0.333. The monoisotopic (exact) mass is 385 g/mol. The summed E-state index contributed by atoms with van der Waals surface area (Å²) in [5.41, 5.74) is 2.37. The van der Waals surface area contributed by atoms with Crippen LogP contribution in [0.4, 0.5) is 5.00 Å². The fourth-order valence-electron chi connectivity index (χ4n) is 3.20. The van der Waals surface area contributed by atoms with Crippen molar-refractivity contribution in [3.05, 3.63) is 51.9 Å². The number of hydrogen-bond donors (Lipinski definition) is 1. The van der Waals surface area contributed by atoms with Crippen LogP contribution >= 0.6 is 11.3 Å². The molecule has 1 aromatic heterocycles. The SMILES string of the molecule is CCOC(=O)c1c(NC(=O)/C=C/c2ccccc2OC)sc2c1CCCC2. The number of esters is 1. The third-order valence-electron chi connectivity index (χ3n) is 4.44. The van der Waals surface area contributed by atoms with E-state index in [2.05, 4.69) is 5.32 Å². The molecule has 0 atom stereocenters. The molecule has 0 radical (unpaired) electrons. The average molecular weight is 385 g/mol. The molecule has 0 aliphatic heterocycles. The average Bonchev–Trinajstić information content (AvgIpc) is 3.04. The molecule has 3 rings (SSSR count). The maximum absolute atomic E-state index is 12.4. The van der Waals surface area contributed by atoms with Crippen LogP contribution in [0, 0.1) is 0 Å². The molecule has 1 aromatic carbocycles. The van der Waals surface area contributed by atoms with Gasteiger partial charge in [0.25, 0.3) is 0 Å². The first-order valence-corrected chi connectivity index (χ1v) is 9.89. The van der Waals surface area contributed by atoms with Gasteiger partial charge in [0.05, 0.1) is 19.3 Å². The molecule has 0 saturated carbocycles. The van der Waals surface area contributed by atoms with E-state index in [0.29, 0.717) is 22.9 Å². The molecule has 142 valence electrons. The Labute approximate surface area is 163 Å². The number of carbonyl (C=O) groups is 2. The molecule has 0 bridgehead atoms. The Kier molecular flexibility index (Phi) is 6.29. The maximum atomic E-state index is 12.4. The molecule has 2 aromatic rings. The molecule has 1 aliphatic carbocycles. The summed E-state index contributed by atoms with van der Waals surface area (Å²) in [7, 11) is 1.59. The molecule has 5 nitrogen and oxygen atoms in total. The van der Waals surface area contributed by atoms with Gasteiger partial charge in [0.2, 0.25) is 5.91 Å². The van der Waals surface area contributed by atoms with Gasteiger partial charge in [0.15, 0.2) is 0 Å².